The molecule has 152 valence electrons. The number of ketones is 1. The highest BCUT2D eigenvalue weighted by Gasteiger charge is 2.21. The van der Waals surface area contributed by atoms with Crippen molar-refractivity contribution in [1.29, 1.82) is 0 Å². The summed E-state index contributed by atoms with van der Waals surface area (Å²) in [4.78, 5) is 22.9. The first-order valence-electron chi connectivity index (χ1n) is 10.1. The van der Waals surface area contributed by atoms with Crippen molar-refractivity contribution in [2.24, 2.45) is 0 Å². The Kier molecular flexibility index (Phi) is 5.70. The average Bonchev–Trinajstić information content (AvgIpc) is 2.75. The van der Waals surface area contributed by atoms with Crippen LogP contribution >= 0.6 is 0 Å². The fourth-order valence-corrected chi connectivity index (χ4v) is 3.85. The first-order valence-corrected chi connectivity index (χ1v) is 10.1. The van der Waals surface area contributed by atoms with Crippen molar-refractivity contribution < 1.29 is 9.18 Å². The highest BCUT2D eigenvalue weighted by atomic mass is 19.1. The maximum atomic E-state index is 14.2. The van der Waals surface area contributed by atoms with Crippen LogP contribution in [0.5, 0.6) is 0 Å². The van der Waals surface area contributed by atoms with Crippen molar-refractivity contribution in [3.05, 3.63) is 94.7 Å². The monoisotopic (exact) mass is 401 g/mol. The van der Waals surface area contributed by atoms with E-state index in [0.29, 0.717) is 24.3 Å². The Labute approximate surface area is 176 Å². The number of Topliss-reactive ketones (excluding diaryl/α,β-unsaturated/α-hetero) is 1. The number of carbonyl (C=O) groups excluding carboxylic acids is 1. The van der Waals surface area contributed by atoms with Crippen LogP contribution in [0.4, 0.5) is 10.2 Å². The zero-order valence-electron chi connectivity index (χ0n) is 17.2. The molecule has 1 aliphatic heterocycles. The molecule has 0 fully saturated rings. The van der Waals surface area contributed by atoms with Gasteiger partial charge in [-0.3, -0.25) is 9.78 Å². The molecule has 4 rings (SSSR count). The number of nitrogens with zero attached hydrogens (tertiary/aromatic N) is 3. The Morgan fingerprint density at radius 3 is 2.63 bits per heavy atom. The van der Waals surface area contributed by atoms with E-state index in [1.54, 1.807) is 24.7 Å². The Balaban J connectivity index is 1.51. The van der Waals surface area contributed by atoms with Gasteiger partial charge < -0.3 is 4.90 Å². The molecule has 0 unspecified atom stereocenters. The lowest BCUT2D eigenvalue weighted by atomic mass is 9.93. The molecule has 0 saturated heterocycles. The molecule has 0 aliphatic carbocycles. The van der Waals surface area contributed by atoms with Crippen molar-refractivity contribution in [2.75, 3.05) is 18.0 Å². The summed E-state index contributed by atoms with van der Waals surface area (Å²) in [5.74, 6) is 0.172. The standard InChI is InChI=1S/C25H24FN3O/c1-17-9-12-27-15-21(17)24(30)14-19-5-7-20(8-6-19)22-16-29(13-10-18(22)2)25-23(26)4-3-11-28-25/h3-9,11-12,15H,10,13-14,16H2,1-2H3. The maximum absolute atomic E-state index is 14.2. The zero-order valence-corrected chi connectivity index (χ0v) is 17.2. The second-order valence-electron chi connectivity index (χ2n) is 7.73. The van der Waals surface area contributed by atoms with E-state index in [1.165, 1.54) is 17.2 Å². The molecule has 0 saturated carbocycles. The fraction of sp³-hybridized carbons (Fsp3) is 0.240. The van der Waals surface area contributed by atoms with Gasteiger partial charge in [-0.25, -0.2) is 9.37 Å². The van der Waals surface area contributed by atoms with Gasteiger partial charge in [-0.1, -0.05) is 29.8 Å². The first kappa shape index (κ1) is 20.0. The number of benzene rings is 1. The molecule has 0 atom stereocenters. The summed E-state index contributed by atoms with van der Waals surface area (Å²) in [7, 11) is 0. The third kappa shape index (κ3) is 4.15. The number of hydrogen-bond acceptors (Lipinski definition) is 4. The maximum Gasteiger partial charge on any atom is 0.169 e. The smallest absolute Gasteiger partial charge is 0.169 e. The Morgan fingerprint density at radius 2 is 1.90 bits per heavy atom. The van der Waals surface area contributed by atoms with Gasteiger partial charge in [-0.15, -0.1) is 0 Å². The van der Waals surface area contributed by atoms with Gasteiger partial charge in [0, 0.05) is 43.7 Å². The Bertz CT molecular complexity index is 1110. The first-order chi connectivity index (χ1) is 14.5. The van der Waals surface area contributed by atoms with Crippen LogP contribution in [0.25, 0.3) is 5.57 Å². The summed E-state index contributed by atoms with van der Waals surface area (Å²) in [6, 6.07) is 13.0. The van der Waals surface area contributed by atoms with Crippen LogP contribution < -0.4 is 4.90 Å². The van der Waals surface area contributed by atoms with E-state index >= 15 is 0 Å². The molecule has 3 heterocycles. The summed E-state index contributed by atoms with van der Waals surface area (Å²) in [5, 5.41) is 0. The minimum absolute atomic E-state index is 0.0678. The summed E-state index contributed by atoms with van der Waals surface area (Å²) in [6.07, 6.45) is 6.16. The van der Waals surface area contributed by atoms with Crippen LogP contribution in [-0.4, -0.2) is 28.8 Å². The lowest BCUT2D eigenvalue weighted by Crippen LogP contribution is -2.32. The van der Waals surface area contributed by atoms with E-state index in [1.807, 2.05) is 30.0 Å². The normalized spacial score (nSPS) is 14.2. The molecule has 5 heteroatoms. The average molecular weight is 401 g/mol. The summed E-state index contributed by atoms with van der Waals surface area (Å²) < 4.78 is 14.2. The Hall–Kier alpha value is -3.34. The van der Waals surface area contributed by atoms with Crippen molar-refractivity contribution in [3.63, 3.8) is 0 Å². The second kappa shape index (κ2) is 8.57. The Morgan fingerprint density at radius 1 is 1.10 bits per heavy atom. The van der Waals surface area contributed by atoms with Crippen LogP contribution in [0.15, 0.2) is 66.6 Å². The molecule has 4 nitrogen and oxygen atoms in total. The number of aryl methyl sites for hydroxylation is 1. The predicted molar refractivity (Wildman–Crippen MR) is 117 cm³/mol. The van der Waals surface area contributed by atoms with Gasteiger partial charge in [0.2, 0.25) is 0 Å². The quantitative estimate of drug-likeness (QED) is 0.563. The molecule has 0 N–H and O–H groups in total. The van der Waals surface area contributed by atoms with Crippen LogP contribution in [0, 0.1) is 12.7 Å². The van der Waals surface area contributed by atoms with Crippen LogP contribution in [0.3, 0.4) is 0 Å². The number of aromatic nitrogens is 2. The molecule has 2 aromatic heterocycles. The third-order valence-electron chi connectivity index (χ3n) is 5.67. The van der Waals surface area contributed by atoms with Gasteiger partial charge in [-0.05, 0) is 60.7 Å². The van der Waals surface area contributed by atoms with E-state index in [-0.39, 0.29) is 11.6 Å². The van der Waals surface area contributed by atoms with Gasteiger partial charge in [-0.2, -0.15) is 0 Å². The molecule has 30 heavy (non-hydrogen) atoms. The molecule has 1 aliphatic rings. The molecule has 0 radical (unpaired) electrons. The molecule has 0 bridgehead atoms. The highest BCUT2D eigenvalue weighted by molar-refractivity contribution is 5.98. The predicted octanol–water partition coefficient (Wildman–Crippen LogP) is 5.03. The minimum atomic E-state index is -0.295. The van der Waals surface area contributed by atoms with Gasteiger partial charge in [0.25, 0.3) is 0 Å². The summed E-state index contributed by atoms with van der Waals surface area (Å²) >= 11 is 0. The van der Waals surface area contributed by atoms with Gasteiger partial charge in [0.1, 0.15) is 0 Å². The van der Waals surface area contributed by atoms with Crippen molar-refractivity contribution >= 4 is 17.2 Å². The molecular formula is C25H24FN3O. The number of carbonyl (C=O) groups is 1. The van der Waals surface area contributed by atoms with E-state index in [0.717, 1.165) is 29.7 Å². The fourth-order valence-electron chi connectivity index (χ4n) is 3.85. The van der Waals surface area contributed by atoms with Crippen molar-refractivity contribution in [1.82, 2.24) is 9.97 Å². The minimum Gasteiger partial charge on any atom is -0.350 e. The van der Waals surface area contributed by atoms with Gasteiger partial charge in [0.05, 0.1) is 0 Å². The topological polar surface area (TPSA) is 46.1 Å². The second-order valence-corrected chi connectivity index (χ2v) is 7.73. The van der Waals surface area contributed by atoms with E-state index < -0.39 is 0 Å². The highest BCUT2D eigenvalue weighted by Crippen LogP contribution is 2.30. The molecule has 0 spiro atoms. The molecular weight excluding hydrogens is 377 g/mol. The van der Waals surface area contributed by atoms with Crippen molar-refractivity contribution in [2.45, 2.75) is 26.7 Å². The SMILES string of the molecule is CC1=C(c2ccc(CC(=O)c3cnccc3C)cc2)CN(c2ncccc2F)CC1. The van der Waals surface area contributed by atoms with Crippen LogP contribution in [0.2, 0.25) is 0 Å². The van der Waals surface area contributed by atoms with Crippen LogP contribution in [-0.2, 0) is 6.42 Å². The molecule has 0 amide bonds. The van der Waals surface area contributed by atoms with Gasteiger partial charge in [0.15, 0.2) is 17.4 Å². The number of pyridine rings is 2. The van der Waals surface area contributed by atoms with E-state index in [9.17, 15) is 9.18 Å². The summed E-state index contributed by atoms with van der Waals surface area (Å²) in [6.45, 7) is 5.42. The number of hydrogen-bond donors (Lipinski definition) is 0. The van der Waals surface area contributed by atoms with Gasteiger partial charge >= 0.3 is 0 Å². The van der Waals surface area contributed by atoms with Crippen molar-refractivity contribution in [3.8, 4) is 0 Å². The zero-order chi connectivity index (χ0) is 21.1. The van der Waals surface area contributed by atoms with Crippen LogP contribution in [0.1, 0.15) is 40.4 Å². The van der Waals surface area contributed by atoms with E-state index in [2.05, 4.69) is 29.0 Å². The summed E-state index contributed by atoms with van der Waals surface area (Å²) in [5.41, 5.74) is 6.16. The molecule has 3 aromatic rings. The lowest BCUT2D eigenvalue weighted by Gasteiger charge is -2.31. The number of halogens is 1. The largest absolute Gasteiger partial charge is 0.350 e. The third-order valence-corrected chi connectivity index (χ3v) is 5.67. The number of anilines is 1. The van der Waals surface area contributed by atoms with E-state index in [4.69, 9.17) is 0 Å². The number of rotatable bonds is 5. The molecule has 1 aromatic carbocycles. The lowest BCUT2D eigenvalue weighted by molar-refractivity contribution is 0.0992.